The molecule has 2 N–H and O–H groups in total. The minimum Gasteiger partial charge on any atom is -0.435 e. The highest BCUT2D eigenvalue weighted by atomic mass is 19.3. The van der Waals surface area contributed by atoms with Crippen molar-refractivity contribution in [1.82, 2.24) is 5.32 Å². The minimum absolute atomic E-state index is 0.0286. The zero-order valence-electron chi connectivity index (χ0n) is 14.0. The molecule has 0 aliphatic rings. The number of amides is 1. The summed E-state index contributed by atoms with van der Waals surface area (Å²) in [5.41, 5.74) is 0.132. The molecule has 1 unspecified atom stereocenters. The standard InChI is InChI=1S/C17H25F2NO3/c1-11(2)15(22)17(3,4)10-20-14(21)9-12-6-5-7-13(8-12)23-16(18)19/h5-8,11,15-16,22H,9-10H2,1-4H3,(H,20,21). The van der Waals surface area contributed by atoms with Gasteiger partial charge in [-0.25, -0.2) is 0 Å². The van der Waals surface area contributed by atoms with Crippen LogP contribution in [0.1, 0.15) is 33.3 Å². The van der Waals surface area contributed by atoms with Gasteiger partial charge in [-0.2, -0.15) is 8.78 Å². The number of benzene rings is 1. The fraction of sp³-hybridized carbons (Fsp3) is 0.588. The van der Waals surface area contributed by atoms with Crippen molar-refractivity contribution in [2.24, 2.45) is 11.3 Å². The lowest BCUT2D eigenvalue weighted by Crippen LogP contribution is -2.43. The second-order valence-corrected chi connectivity index (χ2v) is 6.66. The van der Waals surface area contributed by atoms with E-state index in [-0.39, 0.29) is 24.0 Å². The number of aliphatic hydroxyl groups excluding tert-OH is 1. The molecule has 6 heteroatoms. The summed E-state index contributed by atoms with van der Waals surface area (Å²) in [6.07, 6.45) is -0.473. The number of ether oxygens (including phenoxy) is 1. The Bertz CT molecular complexity index is 518. The van der Waals surface area contributed by atoms with Gasteiger partial charge in [0, 0.05) is 12.0 Å². The molecule has 0 fully saturated rings. The number of hydrogen-bond acceptors (Lipinski definition) is 3. The van der Waals surface area contributed by atoms with Crippen LogP contribution >= 0.6 is 0 Å². The van der Waals surface area contributed by atoms with Gasteiger partial charge in [0.25, 0.3) is 0 Å². The first-order chi connectivity index (χ1) is 10.6. The van der Waals surface area contributed by atoms with Crippen LogP contribution in [0.25, 0.3) is 0 Å². The van der Waals surface area contributed by atoms with Gasteiger partial charge in [0.1, 0.15) is 5.75 Å². The molecule has 0 spiro atoms. The van der Waals surface area contributed by atoms with E-state index in [9.17, 15) is 18.7 Å². The molecule has 0 aliphatic heterocycles. The van der Waals surface area contributed by atoms with E-state index in [1.54, 1.807) is 12.1 Å². The van der Waals surface area contributed by atoms with E-state index >= 15 is 0 Å². The first kappa shape index (κ1) is 19.4. The van der Waals surface area contributed by atoms with E-state index in [4.69, 9.17) is 0 Å². The molecule has 1 amide bonds. The van der Waals surface area contributed by atoms with Crippen LogP contribution in [0.5, 0.6) is 5.75 Å². The Kier molecular flexibility index (Phi) is 6.94. The van der Waals surface area contributed by atoms with E-state index in [1.807, 2.05) is 27.7 Å². The fourth-order valence-corrected chi connectivity index (χ4v) is 2.41. The highest BCUT2D eigenvalue weighted by Gasteiger charge is 2.30. The smallest absolute Gasteiger partial charge is 0.387 e. The third-order valence-corrected chi connectivity index (χ3v) is 3.66. The van der Waals surface area contributed by atoms with Crippen LogP contribution in [0.2, 0.25) is 0 Å². The summed E-state index contributed by atoms with van der Waals surface area (Å²) in [4.78, 5) is 12.0. The summed E-state index contributed by atoms with van der Waals surface area (Å²) in [6.45, 7) is 5.05. The maximum atomic E-state index is 12.2. The number of rotatable bonds is 8. The minimum atomic E-state index is -2.89. The van der Waals surface area contributed by atoms with Crippen LogP contribution in [0, 0.1) is 11.3 Å². The van der Waals surface area contributed by atoms with Crippen LogP contribution in [0.15, 0.2) is 24.3 Å². The quantitative estimate of drug-likeness (QED) is 0.771. The number of carbonyl (C=O) groups excluding carboxylic acids is 1. The van der Waals surface area contributed by atoms with Crippen molar-refractivity contribution in [1.29, 1.82) is 0 Å². The molecule has 1 aromatic rings. The second-order valence-electron chi connectivity index (χ2n) is 6.66. The predicted octanol–water partition coefficient (Wildman–Crippen LogP) is 2.99. The van der Waals surface area contributed by atoms with Crippen molar-refractivity contribution in [3.05, 3.63) is 29.8 Å². The van der Waals surface area contributed by atoms with Gasteiger partial charge in [-0.15, -0.1) is 0 Å². The van der Waals surface area contributed by atoms with E-state index in [2.05, 4.69) is 10.1 Å². The van der Waals surface area contributed by atoms with Crippen LogP contribution in [-0.2, 0) is 11.2 Å². The number of carbonyl (C=O) groups is 1. The molecule has 0 bridgehead atoms. The highest BCUT2D eigenvalue weighted by Crippen LogP contribution is 2.25. The summed E-state index contributed by atoms with van der Waals surface area (Å²) < 4.78 is 28.7. The third-order valence-electron chi connectivity index (χ3n) is 3.66. The Morgan fingerprint density at radius 2 is 2.00 bits per heavy atom. The number of hydrogen-bond donors (Lipinski definition) is 2. The highest BCUT2D eigenvalue weighted by molar-refractivity contribution is 5.78. The Balaban J connectivity index is 2.57. The van der Waals surface area contributed by atoms with Gasteiger partial charge in [0.15, 0.2) is 0 Å². The normalized spacial score (nSPS) is 13.3. The molecule has 1 atom stereocenters. The zero-order valence-corrected chi connectivity index (χ0v) is 14.0. The molecule has 0 heterocycles. The maximum absolute atomic E-state index is 12.2. The average molecular weight is 329 g/mol. The van der Waals surface area contributed by atoms with Gasteiger partial charge in [-0.05, 0) is 23.6 Å². The summed E-state index contributed by atoms with van der Waals surface area (Å²) in [7, 11) is 0. The maximum Gasteiger partial charge on any atom is 0.387 e. The predicted molar refractivity (Wildman–Crippen MR) is 84.4 cm³/mol. The summed E-state index contributed by atoms with van der Waals surface area (Å²) in [5.74, 6) is -0.117. The lowest BCUT2D eigenvalue weighted by Gasteiger charge is -2.33. The van der Waals surface area contributed by atoms with Gasteiger partial charge in [0.2, 0.25) is 5.91 Å². The van der Waals surface area contributed by atoms with Crippen LogP contribution in [0.3, 0.4) is 0 Å². The molecule has 4 nitrogen and oxygen atoms in total. The second kappa shape index (κ2) is 8.24. The SMILES string of the molecule is CC(C)C(O)C(C)(C)CNC(=O)Cc1cccc(OC(F)F)c1. The number of halogens is 2. The monoisotopic (exact) mass is 329 g/mol. The lowest BCUT2D eigenvalue weighted by atomic mass is 9.80. The first-order valence-electron chi connectivity index (χ1n) is 7.60. The van der Waals surface area contributed by atoms with E-state index in [1.165, 1.54) is 12.1 Å². The van der Waals surface area contributed by atoms with Gasteiger partial charge in [-0.1, -0.05) is 39.8 Å². The topological polar surface area (TPSA) is 58.6 Å². The van der Waals surface area contributed by atoms with Crippen molar-refractivity contribution in [3.63, 3.8) is 0 Å². The summed E-state index contributed by atoms with van der Waals surface area (Å²) in [5, 5.41) is 12.9. The number of alkyl halides is 2. The van der Waals surface area contributed by atoms with Crippen molar-refractivity contribution in [2.45, 2.75) is 46.8 Å². The molecular formula is C17H25F2NO3. The molecule has 130 valence electrons. The van der Waals surface area contributed by atoms with Crippen molar-refractivity contribution in [2.75, 3.05) is 6.54 Å². The molecule has 0 saturated carbocycles. The van der Waals surface area contributed by atoms with E-state index in [0.717, 1.165) is 0 Å². The van der Waals surface area contributed by atoms with Gasteiger partial charge in [0.05, 0.1) is 12.5 Å². The average Bonchev–Trinajstić information content (AvgIpc) is 2.44. The van der Waals surface area contributed by atoms with Crippen molar-refractivity contribution < 1.29 is 23.4 Å². The molecule has 0 saturated heterocycles. The Hall–Kier alpha value is -1.69. The fourth-order valence-electron chi connectivity index (χ4n) is 2.41. The van der Waals surface area contributed by atoms with E-state index < -0.39 is 18.1 Å². The van der Waals surface area contributed by atoms with Crippen LogP contribution in [0.4, 0.5) is 8.78 Å². The molecule has 0 radical (unpaired) electrons. The zero-order chi connectivity index (χ0) is 17.6. The summed E-state index contributed by atoms with van der Waals surface area (Å²) >= 11 is 0. The molecule has 1 rings (SSSR count). The first-order valence-corrected chi connectivity index (χ1v) is 7.60. The Labute approximate surface area is 135 Å². The van der Waals surface area contributed by atoms with Crippen molar-refractivity contribution >= 4 is 5.91 Å². The molecule has 23 heavy (non-hydrogen) atoms. The van der Waals surface area contributed by atoms with Gasteiger partial charge < -0.3 is 15.2 Å². The largest absolute Gasteiger partial charge is 0.435 e. The Morgan fingerprint density at radius 3 is 2.57 bits per heavy atom. The number of aliphatic hydroxyl groups is 1. The van der Waals surface area contributed by atoms with Gasteiger partial charge >= 0.3 is 6.61 Å². The number of nitrogens with one attached hydrogen (secondary N) is 1. The Morgan fingerprint density at radius 1 is 1.35 bits per heavy atom. The molecule has 0 aliphatic carbocycles. The molecule has 1 aromatic carbocycles. The molecular weight excluding hydrogens is 304 g/mol. The molecule has 0 aromatic heterocycles. The van der Waals surface area contributed by atoms with Crippen molar-refractivity contribution in [3.8, 4) is 5.75 Å². The van der Waals surface area contributed by atoms with Crippen LogP contribution < -0.4 is 10.1 Å². The van der Waals surface area contributed by atoms with Crippen LogP contribution in [-0.4, -0.2) is 30.3 Å². The van der Waals surface area contributed by atoms with Gasteiger partial charge in [-0.3, -0.25) is 4.79 Å². The summed E-state index contributed by atoms with van der Waals surface area (Å²) in [6, 6.07) is 6.06. The third kappa shape index (κ3) is 6.52. The lowest BCUT2D eigenvalue weighted by molar-refractivity contribution is -0.121. The van der Waals surface area contributed by atoms with E-state index in [0.29, 0.717) is 12.1 Å².